The molecule has 0 bridgehead atoms. The first-order valence-electron chi connectivity index (χ1n) is 10.2. The van der Waals surface area contributed by atoms with Crippen LogP contribution in [0.15, 0.2) is 30.5 Å². The highest BCUT2D eigenvalue weighted by atomic mass is 16.6. The van der Waals surface area contributed by atoms with Crippen molar-refractivity contribution in [3.63, 3.8) is 0 Å². The molecule has 0 spiro atoms. The smallest absolute Gasteiger partial charge is 0.339 e. The molecule has 1 aromatic carbocycles. The highest BCUT2D eigenvalue weighted by Gasteiger charge is 2.21. The van der Waals surface area contributed by atoms with Crippen LogP contribution in [0, 0.1) is 17.0 Å². The summed E-state index contributed by atoms with van der Waals surface area (Å²) in [6, 6.07) is 5.85. The number of ether oxygens (including phenoxy) is 1. The summed E-state index contributed by atoms with van der Waals surface area (Å²) in [6.45, 7) is 9.03. The number of aromatic nitrogens is 3. The zero-order chi connectivity index (χ0) is 23.6. The maximum atomic E-state index is 12.8. The van der Waals surface area contributed by atoms with E-state index in [1.165, 1.54) is 18.2 Å². The Balaban J connectivity index is 1.80. The molecule has 10 nitrogen and oxygen atoms in total. The van der Waals surface area contributed by atoms with Crippen LogP contribution in [0.1, 0.15) is 61.3 Å². The Morgan fingerprint density at radius 2 is 1.94 bits per heavy atom. The quantitative estimate of drug-likeness (QED) is 0.332. The van der Waals surface area contributed by atoms with E-state index >= 15 is 0 Å². The van der Waals surface area contributed by atoms with Gasteiger partial charge in [0.1, 0.15) is 0 Å². The number of nitrogens with zero attached hydrogens (tertiary/aromatic N) is 4. The van der Waals surface area contributed by atoms with E-state index in [1.807, 2.05) is 27.7 Å². The van der Waals surface area contributed by atoms with Gasteiger partial charge in [0, 0.05) is 23.9 Å². The van der Waals surface area contributed by atoms with Crippen LogP contribution in [-0.2, 0) is 9.53 Å². The maximum absolute atomic E-state index is 12.8. The van der Waals surface area contributed by atoms with Crippen molar-refractivity contribution in [1.82, 2.24) is 14.8 Å². The number of pyridine rings is 1. The maximum Gasteiger partial charge on any atom is 0.339 e. The van der Waals surface area contributed by atoms with Gasteiger partial charge in [0.05, 0.1) is 27.8 Å². The number of rotatable bonds is 7. The largest absolute Gasteiger partial charge is 0.452 e. The average Bonchev–Trinajstić information content (AvgIpc) is 3.17. The second kappa shape index (κ2) is 9.13. The molecule has 0 aliphatic carbocycles. The number of nitrogens with one attached hydrogen (secondary N) is 1. The highest BCUT2D eigenvalue weighted by Crippen LogP contribution is 2.25. The third kappa shape index (κ3) is 4.74. The molecule has 168 valence electrons. The number of nitro benzene ring substituents is 1. The van der Waals surface area contributed by atoms with Gasteiger partial charge in [0.15, 0.2) is 12.3 Å². The number of benzene rings is 1. The number of non-ortho nitro benzene ring substituents is 1. The van der Waals surface area contributed by atoms with Gasteiger partial charge >= 0.3 is 5.97 Å². The van der Waals surface area contributed by atoms with E-state index in [9.17, 15) is 19.7 Å². The molecule has 1 amide bonds. The third-order valence-electron chi connectivity index (χ3n) is 4.93. The Labute approximate surface area is 184 Å². The van der Waals surface area contributed by atoms with Crippen molar-refractivity contribution in [2.75, 3.05) is 11.9 Å². The number of amides is 1. The lowest BCUT2D eigenvalue weighted by Crippen LogP contribution is -2.21. The molecular weight excluding hydrogens is 414 g/mol. The van der Waals surface area contributed by atoms with E-state index in [-0.39, 0.29) is 28.9 Å². The lowest BCUT2D eigenvalue weighted by Gasteiger charge is -2.12. The van der Waals surface area contributed by atoms with Crippen molar-refractivity contribution in [2.45, 2.75) is 46.6 Å². The van der Waals surface area contributed by atoms with Gasteiger partial charge in [0.25, 0.3) is 11.6 Å². The Morgan fingerprint density at radius 1 is 1.22 bits per heavy atom. The summed E-state index contributed by atoms with van der Waals surface area (Å²) >= 11 is 0. The second-order valence-electron chi connectivity index (χ2n) is 8.05. The number of anilines is 1. The highest BCUT2D eigenvalue weighted by molar-refractivity contribution is 6.04. The molecule has 0 radical (unpaired) electrons. The molecule has 0 atom stereocenters. The second-order valence-corrected chi connectivity index (χ2v) is 8.05. The number of fused-ring (bicyclic) bond motifs is 1. The van der Waals surface area contributed by atoms with Gasteiger partial charge in [-0.1, -0.05) is 19.9 Å². The van der Waals surface area contributed by atoms with E-state index in [0.717, 1.165) is 0 Å². The molecule has 3 aromatic rings. The van der Waals surface area contributed by atoms with Gasteiger partial charge in [-0.15, -0.1) is 0 Å². The summed E-state index contributed by atoms with van der Waals surface area (Å²) in [5.41, 5.74) is 2.36. The number of carbonyl (C=O) groups is 2. The summed E-state index contributed by atoms with van der Waals surface area (Å²) in [5.74, 6) is -1.20. The summed E-state index contributed by atoms with van der Waals surface area (Å²) in [5, 5.41) is 18.4. The minimum absolute atomic E-state index is 0.0511. The van der Waals surface area contributed by atoms with Crippen molar-refractivity contribution >= 4 is 34.3 Å². The number of hydrogen-bond acceptors (Lipinski definition) is 7. The molecule has 2 heterocycles. The van der Waals surface area contributed by atoms with Crippen LogP contribution in [0.2, 0.25) is 0 Å². The molecule has 0 aliphatic heterocycles. The molecule has 2 aromatic heterocycles. The summed E-state index contributed by atoms with van der Waals surface area (Å²) in [6.07, 6.45) is 1.57. The standard InChI is InChI=1S/C22H25N5O5/c1-12(2)18-9-16(17-10-23-26(13(3)4)21(17)25-18)22(29)32-11-20(28)24-19-8-15(27(30)31)7-6-14(19)5/h6-10,12-13H,11H2,1-5H3,(H,24,28). The van der Waals surface area contributed by atoms with Crippen LogP contribution in [0.4, 0.5) is 11.4 Å². The lowest BCUT2D eigenvalue weighted by molar-refractivity contribution is -0.384. The van der Waals surface area contributed by atoms with Crippen molar-refractivity contribution < 1.29 is 19.2 Å². The molecule has 10 heteroatoms. The van der Waals surface area contributed by atoms with Gasteiger partial charge in [-0.05, 0) is 38.3 Å². The van der Waals surface area contributed by atoms with Crippen molar-refractivity contribution in [2.24, 2.45) is 0 Å². The zero-order valence-corrected chi connectivity index (χ0v) is 18.6. The third-order valence-corrected chi connectivity index (χ3v) is 4.93. The van der Waals surface area contributed by atoms with Gasteiger partial charge in [-0.2, -0.15) is 5.10 Å². The van der Waals surface area contributed by atoms with Gasteiger partial charge in [0.2, 0.25) is 0 Å². The molecule has 32 heavy (non-hydrogen) atoms. The zero-order valence-electron chi connectivity index (χ0n) is 18.6. The Bertz CT molecular complexity index is 1200. The molecular formula is C22H25N5O5. The monoisotopic (exact) mass is 439 g/mol. The predicted octanol–water partition coefficient (Wildman–Crippen LogP) is 4.15. The van der Waals surface area contributed by atoms with E-state index in [0.29, 0.717) is 22.3 Å². The summed E-state index contributed by atoms with van der Waals surface area (Å²) < 4.78 is 6.97. The first-order valence-corrected chi connectivity index (χ1v) is 10.2. The minimum atomic E-state index is -0.673. The number of nitro groups is 1. The van der Waals surface area contributed by atoms with Crippen molar-refractivity contribution in [3.05, 3.63) is 57.4 Å². The predicted molar refractivity (Wildman–Crippen MR) is 119 cm³/mol. The Kier molecular flexibility index (Phi) is 6.52. The normalized spacial score (nSPS) is 11.2. The Morgan fingerprint density at radius 3 is 2.56 bits per heavy atom. The fraction of sp³-hybridized carbons (Fsp3) is 0.364. The van der Waals surface area contributed by atoms with Gasteiger partial charge in [-0.3, -0.25) is 14.9 Å². The summed E-state index contributed by atoms with van der Waals surface area (Å²) in [4.78, 5) is 40.2. The van der Waals surface area contributed by atoms with Crippen LogP contribution in [-0.4, -0.2) is 38.2 Å². The van der Waals surface area contributed by atoms with Crippen molar-refractivity contribution in [3.8, 4) is 0 Å². The van der Waals surface area contributed by atoms with Crippen LogP contribution < -0.4 is 5.32 Å². The average molecular weight is 439 g/mol. The lowest BCUT2D eigenvalue weighted by atomic mass is 10.1. The minimum Gasteiger partial charge on any atom is -0.452 e. The first kappa shape index (κ1) is 22.9. The van der Waals surface area contributed by atoms with Crippen LogP contribution >= 0.6 is 0 Å². The fourth-order valence-electron chi connectivity index (χ4n) is 3.13. The van der Waals surface area contributed by atoms with Gasteiger partial charge in [-0.25, -0.2) is 14.5 Å². The van der Waals surface area contributed by atoms with Crippen molar-refractivity contribution in [1.29, 1.82) is 0 Å². The van der Waals surface area contributed by atoms with Gasteiger partial charge < -0.3 is 10.1 Å². The van der Waals surface area contributed by atoms with E-state index in [4.69, 9.17) is 4.74 Å². The first-order chi connectivity index (χ1) is 15.1. The van der Waals surface area contributed by atoms with Crippen LogP contribution in [0.3, 0.4) is 0 Å². The summed E-state index contributed by atoms with van der Waals surface area (Å²) in [7, 11) is 0. The molecule has 1 N–H and O–H groups in total. The number of aryl methyl sites for hydroxylation is 1. The number of carbonyl (C=O) groups excluding carboxylic acids is 2. The number of hydrogen-bond donors (Lipinski definition) is 1. The van der Waals surface area contributed by atoms with Crippen LogP contribution in [0.25, 0.3) is 11.0 Å². The molecule has 3 rings (SSSR count). The molecule has 0 saturated heterocycles. The SMILES string of the molecule is Cc1ccc([N+](=O)[O-])cc1NC(=O)COC(=O)c1cc(C(C)C)nc2c1cnn2C(C)C. The molecule has 0 aliphatic rings. The fourth-order valence-corrected chi connectivity index (χ4v) is 3.13. The van der Waals surface area contributed by atoms with E-state index in [1.54, 1.807) is 23.9 Å². The van der Waals surface area contributed by atoms with Crippen LogP contribution in [0.5, 0.6) is 0 Å². The molecule has 0 saturated carbocycles. The molecule has 0 unspecified atom stereocenters. The Hall–Kier alpha value is -3.82. The number of esters is 1. The van der Waals surface area contributed by atoms with E-state index in [2.05, 4.69) is 15.4 Å². The van der Waals surface area contributed by atoms with E-state index < -0.39 is 23.4 Å². The topological polar surface area (TPSA) is 129 Å². The molecule has 0 fully saturated rings.